The summed E-state index contributed by atoms with van der Waals surface area (Å²) < 4.78 is 41.3. The van der Waals surface area contributed by atoms with Gasteiger partial charge in [0.1, 0.15) is 17.5 Å². The van der Waals surface area contributed by atoms with Crippen molar-refractivity contribution in [2.45, 2.75) is 0 Å². The molecule has 0 unspecified atom stereocenters. The summed E-state index contributed by atoms with van der Waals surface area (Å²) in [6.07, 6.45) is 0. The number of aromatic amines is 2. The number of aromatic nitrogens is 2. The molecule has 0 saturated carbocycles. The minimum absolute atomic E-state index is 0.227. The van der Waals surface area contributed by atoms with E-state index in [-0.39, 0.29) is 11.1 Å². The summed E-state index contributed by atoms with van der Waals surface area (Å²) in [6.45, 7) is 0. The molecule has 0 atom stereocenters. The standard InChI is InChI=1S/C16H8ClF3N2O2/c17-8-3-1-7(2-4-8)12-14(16(24)22-21-15(12)23)13-10(19)5-9(18)6-11(13)20/h1-6H,(H,21,23)(H,22,24). The molecule has 0 aliphatic heterocycles. The fourth-order valence-corrected chi connectivity index (χ4v) is 2.50. The number of benzene rings is 2. The monoisotopic (exact) mass is 352 g/mol. The zero-order valence-electron chi connectivity index (χ0n) is 11.8. The lowest BCUT2D eigenvalue weighted by Crippen LogP contribution is -2.24. The maximum atomic E-state index is 14.1. The van der Waals surface area contributed by atoms with E-state index in [4.69, 9.17) is 11.6 Å². The van der Waals surface area contributed by atoms with Gasteiger partial charge in [-0.25, -0.2) is 13.2 Å². The van der Waals surface area contributed by atoms with Crippen LogP contribution in [0.25, 0.3) is 22.3 Å². The third kappa shape index (κ3) is 2.74. The predicted octanol–water partition coefficient (Wildman–Crippen LogP) is 3.47. The number of nitrogens with one attached hydrogen (secondary N) is 2. The van der Waals surface area contributed by atoms with Crippen molar-refractivity contribution < 1.29 is 13.2 Å². The highest BCUT2D eigenvalue weighted by molar-refractivity contribution is 6.30. The van der Waals surface area contributed by atoms with E-state index in [9.17, 15) is 22.8 Å². The van der Waals surface area contributed by atoms with Crippen LogP contribution in [0, 0.1) is 17.5 Å². The van der Waals surface area contributed by atoms with Crippen LogP contribution in [-0.2, 0) is 0 Å². The zero-order valence-corrected chi connectivity index (χ0v) is 12.5. The lowest BCUT2D eigenvalue weighted by atomic mass is 9.96. The molecule has 2 N–H and O–H groups in total. The summed E-state index contributed by atoms with van der Waals surface area (Å²) in [4.78, 5) is 24.3. The summed E-state index contributed by atoms with van der Waals surface area (Å²) in [7, 11) is 0. The first-order valence-electron chi connectivity index (χ1n) is 6.64. The Balaban J connectivity index is 2.42. The number of hydrogen-bond acceptors (Lipinski definition) is 2. The van der Waals surface area contributed by atoms with E-state index < -0.39 is 39.7 Å². The molecule has 0 spiro atoms. The first kappa shape index (κ1) is 16.1. The van der Waals surface area contributed by atoms with Crippen LogP contribution in [-0.4, -0.2) is 10.2 Å². The van der Waals surface area contributed by atoms with Crippen LogP contribution in [0.1, 0.15) is 0 Å². The molecular formula is C16H8ClF3N2O2. The quantitative estimate of drug-likeness (QED) is 0.741. The third-order valence-corrected chi connectivity index (χ3v) is 3.64. The molecule has 4 nitrogen and oxygen atoms in total. The van der Waals surface area contributed by atoms with E-state index in [1.807, 2.05) is 5.10 Å². The van der Waals surface area contributed by atoms with Crippen LogP contribution < -0.4 is 11.1 Å². The van der Waals surface area contributed by atoms with Crippen molar-refractivity contribution in [3.8, 4) is 22.3 Å². The molecule has 0 bridgehead atoms. The molecule has 122 valence electrons. The van der Waals surface area contributed by atoms with E-state index in [2.05, 4.69) is 5.10 Å². The predicted molar refractivity (Wildman–Crippen MR) is 83.4 cm³/mol. The molecule has 0 saturated heterocycles. The van der Waals surface area contributed by atoms with Crippen molar-refractivity contribution in [3.05, 3.63) is 79.6 Å². The number of rotatable bonds is 2. The fourth-order valence-electron chi connectivity index (χ4n) is 2.38. The van der Waals surface area contributed by atoms with E-state index >= 15 is 0 Å². The molecule has 3 rings (SSSR count). The van der Waals surface area contributed by atoms with E-state index in [0.717, 1.165) is 0 Å². The molecule has 24 heavy (non-hydrogen) atoms. The Morgan fingerprint density at radius 3 is 1.79 bits per heavy atom. The van der Waals surface area contributed by atoms with Gasteiger partial charge in [-0.1, -0.05) is 23.7 Å². The Hall–Kier alpha value is -2.80. The first-order chi connectivity index (χ1) is 11.4. The molecule has 3 aromatic rings. The molecule has 1 heterocycles. The van der Waals surface area contributed by atoms with Crippen LogP contribution >= 0.6 is 11.6 Å². The largest absolute Gasteiger partial charge is 0.271 e. The Kier molecular flexibility index (Phi) is 4.02. The second-order valence-electron chi connectivity index (χ2n) is 4.91. The Bertz CT molecular complexity index is 1020. The number of H-pyrrole nitrogens is 2. The maximum Gasteiger partial charge on any atom is 0.271 e. The second-order valence-corrected chi connectivity index (χ2v) is 5.35. The SMILES string of the molecule is O=c1[nH][nH]c(=O)c(-c2c(F)cc(F)cc2F)c1-c1ccc(Cl)cc1. The minimum atomic E-state index is -1.29. The molecule has 0 aliphatic carbocycles. The van der Waals surface area contributed by atoms with E-state index in [1.54, 1.807) is 0 Å². The summed E-state index contributed by atoms with van der Waals surface area (Å²) in [5.74, 6) is -3.72. The summed E-state index contributed by atoms with van der Waals surface area (Å²) in [5, 5.41) is 4.48. The molecule has 0 fully saturated rings. The van der Waals surface area contributed by atoms with E-state index in [0.29, 0.717) is 17.2 Å². The maximum absolute atomic E-state index is 14.1. The van der Waals surface area contributed by atoms with Gasteiger partial charge >= 0.3 is 0 Å². The molecule has 0 radical (unpaired) electrons. The molecule has 0 amide bonds. The van der Waals surface area contributed by atoms with Gasteiger partial charge in [-0.2, -0.15) is 0 Å². The first-order valence-corrected chi connectivity index (χ1v) is 7.02. The van der Waals surface area contributed by atoms with Crippen molar-refractivity contribution in [1.82, 2.24) is 10.2 Å². The number of hydrogen-bond donors (Lipinski definition) is 2. The Labute approximate surface area is 137 Å². The van der Waals surface area contributed by atoms with Gasteiger partial charge < -0.3 is 0 Å². The van der Waals surface area contributed by atoms with Crippen molar-refractivity contribution in [3.63, 3.8) is 0 Å². The lowest BCUT2D eigenvalue weighted by molar-refractivity contribution is 0.547. The highest BCUT2D eigenvalue weighted by atomic mass is 35.5. The Morgan fingerprint density at radius 1 is 0.750 bits per heavy atom. The minimum Gasteiger partial charge on any atom is -0.267 e. The topological polar surface area (TPSA) is 65.7 Å². The van der Waals surface area contributed by atoms with Gasteiger partial charge in [0.25, 0.3) is 11.1 Å². The summed E-state index contributed by atoms with van der Waals surface area (Å²) in [5.41, 5.74) is -3.03. The van der Waals surface area contributed by atoms with Crippen LogP contribution in [0.4, 0.5) is 13.2 Å². The molecular weight excluding hydrogens is 345 g/mol. The summed E-state index contributed by atoms with van der Waals surface area (Å²) in [6, 6.07) is 6.64. The highest BCUT2D eigenvalue weighted by Crippen LogP contribution is 2.31. The van der Waals surface area contributed by atoms with Gasteiger partial charge in [-0.3, -0.25) is 19.8 Å². The highest BCUT2D eigenvalue weighted by Gasteiger charge is 2.23. The van der Waals surface area contributed by atoms with Gasteiger partial charge in [0.2, 0.25) is 0 Å². The van der Waals surface area contributed by atoms with E-state index in [1.165, 1.54) is 24.3 Å². The van der Waals surface area contributed by atoms with Gasteiger partial charge in [0.05, 0.1) is 16.7 Å². The van der Waals surface area contributed by atoms with Gasteiger partial charge in [0.15, 0.2) is 0 Å². The molecule has 1 aromatic heterocycles. The Morgan fingerprint density at radius 2 is 1.25 bits per heavy atom. The average Bonchev–Trinajstić information content (AvgIpc) is 2.51. The summed E-state index contributed by atoms with van der Waals surface area (Å²) >= 11 is 5.78. The average molecular weight is 353 g/mol. The van der Waals surface area contributed by atoms with Crippen molar-refractivity contribution in [1.29, 1.82) is 0 Å². The van der Waals surface area contributed by atoms with Crippen LogP contribution in [0.5, 0.6) is 0 Å². The van der Waals surface area contributed by atoms with Gasteiger partial charge in [0, 0.05) is 17.2 Å². The lowest BCUT2D eigenvalue weighted by Gasteiger charge is -2.10. The van der Waals surface area contributed by atoms with Crippen molar-refractivity contribution >= 4 is 11.6 Å². The molecule has 8 heteroatoms. The zero-order chi connectivity index (χ0) is 17.4. The van der Waals surface area contributed by atoms with Crippen molar-refractivity contribution in [2.24, 2.45) is 0 Å². The number of halogens is 4. The molecule has 2 aromatic carbocycles. The smallest absolute Gasteiger partial charge is 0.267 e. The third-order valence-electron chi connectivity index (χ3n) is 3.38. The fraction of sp³-hybridized carbons (Fsp3) is 0. The van der Waals surface area contributed by atoms with Crippen LogP contribution in [0.15, 0.2) is 46.0 Å². The van der Waals surface area contributed by atoms with Crippen LogP contribution in [0.3, 0.4) is 0 Å². The van der Waals surface area contributed by atoms with Crippen LogP contribution in [0.2, 0.25) is 5.02 Å². The van der Waals surface area contributed by atoms with Crippen molar-refractivity contribution in [2.75, 3.05) is 0 Å². The molecule has 0 aliphatic rings. The second kappa shape index (κ2) is 6.01. The normalized spacial score (nSPS) is 10.8. The van der Waals surface area contributed by atoms with Gasteiger partial charge in [-0.15, -0.1) is 0 Å². The van der Waals surface area contributed by atoms with Gasteiger partial charge in [-0.05, 0) is 17.7 Å².